The van der Waals surface area contributed by atoms with E-state index in [0.717, 1.165) is 18.4 Å². The van der Waals surface area contributed by atoms with Gasteiger partial charge in [-0.25, -0.2) is 0 Å². The van der Waals surface area contributed by atoms with Crippen molar-refractivity contribution in [3.63, 3.8) is 0 Å². The van der Waals surface area contributed by atoms with Crippen molar-refractivity contribution >= 4 is 17.4 Å². The predicted molar refractivity (Wildman–Crippen MR) is 76.7 cm³/mol. The summed E-state index contributed by atoms with van der Waals surface area (Å²) in [5, 5.41) is 0.466. The van der Waals surface area contributed by atoms with Gasteiger partial charge in [0.25, 0.3) is 0 Å². The van der Waals surface area contributed by atoms with E-state index in [-0.39, 0.29) is 11.7 Å². The molecule has 0 radical (unpaired) electrons. The maximum Gasteiger partial charge on any atom is 0.144 e. The van der Waals surface area contributed by atoms with Gasteiger partial charge in [-0.1, -0.05) is 29.7 Å². The largest absolute Gasteiger partial charge is 0.496 e. The Labute approximate surface area is 118 Å². The minimum absolute atomic E-state index is 0.143. The molecule has 3 heteroatoms. The number of terminal acetylenes is 1. The summed E-state index contributed by atoms with van der Waals surface area (Å²) in [5.41, 5.74) is 2.22. The Kier molecular flexibility index (Phi) is 3.97. The topological polar surface area (TPSA) is 26.3 Å². The highest BCUT2D eigenvalue weighted by atomic mass is 35.5. The number of rotatable bonds is 2. The monoisotopic (exact) mass is 274 g/mol. The Hall–Kier alpha value is -1.72. The van der Waals surface area contributed by atoms with Gasteiger partial charge in [0.2, 0.25) is 0 Å². The van der Waals surface area contributed by atoms with Gasteiger partial charge in [0.15, 0.2) is 0 Å². The van der Waals surface area contributed by atoms with Crippen LogP contribution in [0.4, 0.5) is 0 Å². The molecule has 0 heterocycles. The van der Waals surface area contributed by atoms with Gasteiger partial charge in [0.1, 0.15) is 11.5 Å². The molecule has 98 valence electrons. The van der Waals surface area contributed by atoms with Crippen LogP contribution in [0.3, 0.4) is 0 Å². The third-order valence-electron chi connectivity index (χ3n) is 3.42. The number of ketones is 1. The number of benzene rings is 1. The highest BCUT2D eigenvalue weighted by Gasteiger charge is 2.31. The highest BCUT2D eigenvalue weighted by molar-refractivity contribution is 6.32. The molecular formula is C16H15ClO2. The van der Waals surface area contributed by atoms with Gasteiger partial charge in [-0.15, -0.1) is 6.42 Å². The molecule has 0 bridgehead atoms. The van der Waals surface area contributed by atoms with Crippen LogP contribution >= 0.6 is 11.6 Å². The second kappa shape index (κ2) is 5.50. The van der Waals surface area contributed by atoms with Crippen LogP contribution in [0.5, 0.6) is 5.75 Å². The molecular weight excluding hydrogens is 260 g/mol. The SMILES string of the molecule is C#Cc1cc(Cl)c(C2C(=C)CCCC2=O)c(OC)c1. The molecule has 1 atom stereocenters. The molecule has 1 aliphatic carbocycles. The number of halogens is 1. The van der Waals surface area contributed by atoms with E-state index in [1.807, 2.05) is 0 Å². The predicted octanol–water partition coefficient (Wildman–Crippen LogP) is 3.72. The fourth-order valence-electron chi connectivity index (χ4n) is 2.50. The van der Waals surface area contributed by atoms with Crippen molar-refractivity contribution < 1.29 is 9.53 Å². The van der Waals surface area contributed by atoms with Crippen molar-refractivity contribution in [1.82, 2.24) is 0 Å². The molecule has 0 aliphatic heterocycles. The van der Waals surface area contributed by atoms with Crippen LogP contribution in [0, 0.1) is 12.3 Å². The number of carbonyl (C=O) groups excluding carboxylic acids is 1. The molecule has 0 saturated heterocycles. The molecule has 19 heavy (non-hydrogen) atoms. The van der Waals surface area contributed by atoms with E-state index in [0.29, 0.717) is 28.3 Å². The molecule has 1 aromatic carbocycles. The minimum Gasteiger partial charge on any atom is -0.496 e. The first-order valence-corrected chi connectivity index (χ1v) is 6.50. The van der Waals surface area contributed by atoms with Crippen LogP contribution in [0.1, 0.15) is 36.3 Å². The maximum absolute atomic E-state index is 12.2. The Bertz CT molecular complexity index is 565. The van der Waals surface area contributed by atoms with E-state index in [4.69, 9.17) is 22.8 Å². The molecule has 0 amide bonds. The number of ether oxygens (including phenoxy) is 1. The smallest absolute Gasteiger partial charge is 0.144 e. The van der Waals surface area contributed by atoms with Crippen LogP contribution in [-0.4, -0.2) is 12.9 Å². The van der Waals surface area contributed by atoms with Crippen LogP contribution in [0.2, 0.25) is 5.02 Å². The lowest BCUT2D eigenvalue weighted by Crippen LogP contribution is -2.20. The molecule has 0 spiro atoms. The van der Waals surface area contributed by atoms with Crippen LogP contribution in [0.15, 0.2) is 24.3 Å². The van der Waals surface area contributed by atoms with Gasteiger partial charge in [-0.3, -0.25) is 4.79 Å². The molecule has 1 saturated carbocycles. The second-order valence-corrected chi connectivity index (χ2v) is 5.04. The van der Waals surface area contributed by atoms with Gasteiger partial charge in [0.05, 0.1) is 13.0 Å². The van der Waals surface area contributed by atoms with Crippen LogP contribution < -0.4 is 4.74 Å². The molecule has 1 aromatic rings. The Morgan fingerprint density at radius 1 is 1.47 bits per heavy atom. The van der Waals surface area contributed by atoms with Gasteiger partial charge >= 0.3 is 0 Å². The number of hydrogen-bond acceptors (Lipinski definition) is 2. The third kappa shape index (κ3) is 2.52. The van der Waals surface area contributed by atoms with Gasteiger partial charge in [0, 0.05) is 22.6 Å². The van der Waals surface area contributed by atoms with E-state index in [2.05, 4.69) is 12.5 Å². The average Bonchev–Trinajstić information content (AvgIpc) is 2.39. The lowest BCUT2D eigenvalue weighted by molar-refractivity contribution is -0.120. The Balaban J connectivity index is 2.58. The zero-order chi connectivity index (χ0) is 14.0. The Morgan fingerprint density at radius 2 is 2.21 bits per heavy atom. The van der Waals surface area contributed by atoms with Crippen molar-refractivity contribution in [1.29, 1.82) is 0 Å². The van der Waals surface area contributed by atoms with Crippen molar-refractivity contribution in [2.24, 2.45) is 0 Å². The summed E-state index contributed by atoms with van der Waals surface area (Å²) in [5.74, 6) is 2.85. The normalized spacial score (nSPS) is 19.1. The van der Waals surface area contributed by atoms with E-state index >= 15 is 0 Å². The fraction of sp³-hybridized carbons (Fsp3) is 0.312. The summed E-state index contributed by atoms with van der Waals surface area (Å²) < 4.78 is 5.35. The third-order valence-corrected chi connectivity index (χ3v) is 3.73. The summed E-state index contributed by atoms with van der Waals surface area (Å²) in [6, 6.07) is 3.42. The van der Waals surface area contributed by atoms with Gasteiger partial charge in [-0.2, -0.15) is 0 Å². The molecule has 2 nitrogen and oxygen atoms in total. The first-order chi connectivity index (χ1) is 9.08. The summed E-state index contributed by atoms with van der Waals surface area (Å²) in [7, 11) is 1.55. The molecule has 0 N–H and O–H groups in total. The first-order valence-electron chi connectivity index (χ1n) is 6.13. The quantitative estimate of drug-likeness (QED) is 0.607. The van der Waals surface area contributed by atoms with Crippen LogP contribution in [0.25, 0.3) is 0 Å². The minimum atomic E-state index is -0.372. The van der Waals surface area contributed by atoms with Crippen molar-refractivity contribution in [2.45, 2.75) is 25.2 Å². The summed E-state index contributed by atoms with van der Waals surface area (Å²) in [4.78, 5) is 12.2. The van der Waals surface area contributed by atoms with E-state index < -0.39 is 0 Å². The summed E-state index contributed by atoms with van der Waals surface area (Å²) in [6.45, 7) is 4.01. The molecule has 0 aromatic heterocycles. The maximum atomic E-state index is 12.2. The van der Waals surface area contributed by atoms with Gasteiger partial charge < -0.3 is 4.74 Å². The Morgan fingerprint density at radius 3 is 2.79 bits per heavy atom. The van der Waals surface area contributed by atoms with E-state index in [9.17, 15) is 4.79 Å². The first kappa shape index (κ1) is 13.7. The molecule has 1 aliphatic rings. The molecule has 2 rings (SSSR count). The molecule has 1 unspecified atom stereocenters. The molecule has 1 fully saturated rings. The number of methoxy groups -OCH3 is 1. The average molecular weight is 275 g/mol. The van der Waals surface area contributed by atoms with E-state index in [1.165, 1.54) is 0 Å². The zero-order valence-corrected chi connectivity index (χ0v) is 11.6. The fourth-order valence-corrected chi connectivity index (χ4v) is 2.82. The summed E-state index contributed by atoms with van der Waals surface area (Å²) >= 11 is 6.29. The van der Waals surface area contributed by atoms with Crippen molar-refractivity contribution in [3.8, 4) is 18.1 Å². The zero-order valence-electron chi connectivity index (χ0n) is 10.8. The van der Waals surface area contributed by atoms with Crippen LogP contribution in [-0.2, 0) is 4.79 Å². The lowest BCUT2D eigenvalue weighted by Gasteiger charge is -2.26. The lowest BCUT2D eigenvalue weighted by atomic mass is 9.79. The number of allylic oxidation sites excluding steroid dienone is 1. The highest BCUT2D eigenvalue weighted by Crippen LogP contribution is 2.42. The second-order valence-electron chi connectivity index (χ2n) is 4.63. The van der Waals surface area contributed by atoms with Crippen molar-refractivity contribution in [2.75, 3.05) is 7.11 Å². The standard InChI is InChI=1S/C16H15ClO2/c1-4-11-8-12(17)16(14(9-11)19-3)15-10(2)6-5-7-13(15)18/h1,8-9,15H,2,5-7H2,3H3. The number of hydrogen-bond donors (Lipinski definition) is 0. The van der Waals surface area contributed by atoms with E-state index in [1.54, 1.807) is 19.2 Å². The van der Waals surface area contributed by atoms with Gasteiger partial charge in [-0.05, 0) is 25.0 Å². The number of Topliss-reactive ketones (excluding diaryl/α,β-unsaturated/α-hetero) is 1. The number of carbonyl (C=O) groups is 1. The summed E-state index contributed by atoms with van der Waals surface area (Å²) in [6.07, 6.45) is 7.63. The van der Waals surface area contributed by atoms with Crippen molar-refractivity contribution in [3.05, 3.63) is 40.4 Å².